The molecule has 18 nitrogen and oxygen atoms in total. The predicted molar refractivity (Wildman–Crippen MR) is 522 cm³/mol. The molecule has 0 amide bonds. The van der Waals surface area contributed by atoms with Gasteiger partial charge in [-0.2, -0.15) is 25.5 Å². The highest BCUT2D eigenvalue weighted by atomic mass is 19.2. The molecule has 660 valence electrons. The van der Waals surface area contributed by atoms with Crippen molar-refractivity contribution in [3.63, 3.8) is 0 Å². The average molecular weight is 1790 g/mol. The molecule has 0 unspecified atom stereocenters. The average Bonchev–Trinajstić information content (AvgIpc) is 1.37. The quantitative estimate of drug-likeness (QED) is 0.0434. The summed E-state index contributed by atoms with van der Waals surface area (Å²) in [7, 11) is 0. The van der Waals surface area contributed by atoms with Crippen molar-refractivity contribution in [2.75, 3.05) is 0 Å². The highest BCUT2D eigenvalue weighted by Gasteiger charge is 2.23. The summed E-state index contributed by atoms with van der Waals surface area (Å²) in [4.78, 5) is 38.3. The highest BCUT2D eigenvalue weighted by Crippen LogP contribution is 2.41. The van der Waals surface area contributed by atoms with E-state index in [1.807, 2.05) is 170 Å². The Hall–Kier alpha value is -18.1. The molecule has 12 aromatic carbocycles. The second kappa shape index (κ2) is 39.3. The zero-order valence-corrected chi connectivity index (χ0v) is 73.0. The van der Waals surface area contributed by atoms with Crippen LogP contribution in [0.15, 0.2) is 378 Å². The van der Waals surface area contributed by atoms with Gasteiger partial charge in [-0.15, -0.1) is 0 Å². The van der Waals surface area contributed by atoms with E-state index in [0.29, 0.717) is 34.6 Å². The van der Waals surface area contributed by atoms with Crippen molar-refractivity contribution in [1.82, 2.24) is 80.9 Å². The minimum atomic E-state index is -0.886. The minimum absolute atomic E-state index is 0.204. The molecular formula is C112H78F6N16O2. The maximum absolute atomic E-state index is 13.6. The Bertz CT molecular complexity index is 8010. The Kier molecular flexibility index (Phi) is 25.2. The van der Waals surface area contributed by atoms with Crippen LogP contribution in [0.4, 0.5) is 26.3 Å². The minimum Gasteiger partial charge on any atom is -0.426 e. The van der Waals surface area contributed by atoms with Gasteiger partial charge in [0.1, 0.15) is 29.0 Å². The molecule has 0 bridgehead atoms. The first-order chi connectivity index (χ1) is 66.5. The predicted octanol–water partition coefficient (Wildman–Crippen LogP) is 27.1. The van der Waals surface area contributed by atoms with Crippen LogP contribution in [-0.4, -0.2) is 86.9 Å². The van der Waals surface area contributed by atoms with E-state index in [4.69, 9.17) is 4.74 Å². The molecule has 0 aliphatic carbocycles. The number of nitrogens with zero attached hydrogens (tertiary/aromatic N) is 11. The van der Waals surface area contributed by atoms with E-state index in [1.165, 1.54) is 48.0 Å². The first-order valence-corrected chi connectivity index (χ1v) is 43.3. The van der Waals surface area contributed by atoms with Gasteiger partial charge in [0.2, 0.25) is 0 Å². The molecule has 0 atom stereocenters. The van der Waals surface area contributed by atoms with Crippen LogP contribution in [0.3, 0.4) is 0 Å². The van der Waals surface area contributed by atoms with Gasteiger partial charge in [-0.25, -0.2) is 26.3 Å². The van der Waals surface area contributed by atoms with E-state index < -0.39 is 11.6 Å². The highest BCUT2D eigenvalue weighted by molar-refractivity contribution is 5.94. The van der Waals surface area contributed by atoms with E-state index in [9.17, 15) is 31.1 Å². The molecule has 0 saturated heterocycles. The van der Waals surface area contributed by atoms with E-state index in [2.05, 4.69) is 148 Å². The maximum Gasteiger partial charge on any atom is 0.315 e. The number of fused-ring (bicyclic) bond motifs is 6. The number of aryl methyl sites for hydroxylation is 3. The molecule has 0 fully saturated rings. The number of nitrogens with one attached hydrogen (secondary N) is 5. The summed E-state index contributed by atoms with van der Waals surface area (Å²) >= 11 is 0. The number of pyridine rings is 6. The number of aromatic amines is 5. The van der Waals surface area contributed by atoms with Crippen molar-refractivity contribution in [2.45, 2.75) is 27.2 Å². The summed E-state index contributed by atoms with van der Waals surface area (Å²) < 4.78 is 85.7. The molecule has 0 saturated carbocycles. The van der Waals surface area contributed by atoms with Gasteiger partial charge in [0.05, 0.1) is 99.2 Å². The van der Waals surface area contributed by atoms with Crippen molar-refractivity contribution in [1.29, 1.82) is 0 Å². The van der Waals surface area contributed by atoms with E-state index in [1.54, 1.807) is 106 Å². The zero-order valence-electron chi connectivity index (χ0n) is 73.0. The molecule has 136 heavy (non-hydrogen) atoms. The third-order valence-electron chi connectivity index (χ3n) is 23.1. The summed E-state index contributed by atoms with van der Waals surface area (Å²) in [6.07, 6.45) is 19.7. The summed E-state index contributed by atoms with van der Waals surface area (Å²) in [5, 5.41) is 40.4. The fraction of sp³-hybridized carbons (Fsp3) is 0.0357. The van der Waals surface area contributed by atoms with Gasteiger partial charge < -0.3 is 4.74 Å². The molecule has 11 aromatic heterocycles. The summed E-state index contributed by atoms with van der Waals surface area (Å²) in [5.41, 5.74) is 30.0. The van der Waals surface area contributed by atoms with Crippen molar-refractivity contribution < 1.29 is 35.9 Å². The third kappa shape index (κ3) is 19.4. The first-order valence-electron chi connectivity index (χ1n) is 43.3. The van der Waals surface area contributed by atoms with Gasteiger partial charge in [0.25, 0.3) is 0 Å². The summed E-state index contributed by atoms with van der Waals surface area (Å²) in [6.45, 7) is 5.59. The molecule has 5 N–H and O–H groups in total. The normalized spacial score (nSPS) is 11.3. The molecule has 0 spiro atoms. The van der Waals surface area contributed by atoms with Crippen molar-refractivity contribution in [2.24, 2.45) is 0 Å². The molecular weight excluding hydrogens is 1720 g/mol. The number of halogens is 6. The number of esters is 1. The van der Waals surface area contributed by atoms with Gasteiger partial charge in [-0.05, 0) is 235 Å². The number of ether oxygens (including phenoxy) is 1. The first kappa shape index (κ1) is 87.3. The van der Waals surface area contributed by atoms with E-state index in [-0.39, 0.29) is 29.2 Å². The van der Waals surface area contributed by atoms with E-state index >= 15 is 0 Å². The molecule has 12 heterocycles. The number of benzene rings is 12. The Balaban J connectivity index is 0.000000105. The second-order valence-corrected chi connectivity index (χ2v) is 32.2. The number of hydrogen-bond donors (Lipinski definition) is 5. The van der Waals surface area contributed by atoms with Crippen LogP contribution in [0.5, 0.6) is 5.75 Å². The number of carbonyl (C=O) groups is 1. The van der Waals surface area contributed by atoms with Crippen LogP contribution in [0.25, 0.3) is 189 Å². The van der Waals surface area contributed by atoms with E-state index in [0.717, 1.165) is 195 Å². The number of rotatable bonds is 12. The van der Waals surface area contributed by atoms with Gasteiger partial charge in [0.15, 0.2) is 11.6 Å². The van der Waals surface area contributed by atoms with Gasteiger partial charge in [-0.3, -0.25) is 60.2 Å². The smallest absolute Gasteiger partial charge is 0.315 e. The molecule has 1 aliphatic rings. The lowest BCUT2D eigenvalue weighted by molar-refractivity contribution is -0.131. The van der Waals surface area contributed by atoms with Crippen molar-refractivity contribution in [3.8, 4) is 140 Å². The molecule has 23 aromatic rings. The van der Waals surface area contributed by atoms with Crippen LogP contribution in [0, 0.1) is 55.7 Å². The summed E-state index contributed by atoms with van der Waals surface area (Å²) in [5.74, 6) is -2.34. The third-order valence-corrected chi connectivity index (χ3v) is 23.1. The van der Waals surface area contributed by atoms with Crippen LogP contribution >= 0.6 is 0 Å². The van der Waals surface area contributed by atoms with Crippen LogP contribution in [-0.2, 0) is 11.2 Å². The Morgan fingerprint density at radius 1 is 0.250 bits per heavy atom. The fourth-order valence-electron chi connectivity index (χ4n) is 16.3. The van der Waals surface area contributed by atoms with Gasteiger partial charge >= 0.3 is 5.97 Å². The Morgan fingerprint density at radius 2 is 0.551 bits per heavy atom. The second-order valence-electron chi connectivity index (χ2n) is 32.2. The lowest BCUT2D eigenvalue weighted by Crippen LogP contribution is -2.00. The molecule has 24 rings (SSSR count). The number of carbonyl (C=O) groups excluding carboxylic acids is 1. The SMILES string of the molecule is Cc1cc(-c2ncccc2-c2ccc3c(c2)OC(=O)C3)ccc1F.Cc1cc(-c2ncccc2-c2ccc3cn[nH]c3c2)ccc1F.Cc1cccc(-c2ncccc2-c2ccc3cn[nH]c3c2)c1.Fc1ccc(-c2ncccc2-c2ccc3cn[nH]c3c2)cc1.Fc1ccc(-c2ncccc2-c2ccc3cn[nH]c3c2)cc1F.Fc1cccc(-c2ncccc2-c2ccc3cn[nH]c3c2)c1. The van der Waals surface area contributed by atoms with Crippen LogP contribution < -0.4 is 4.74 Å². The maximum atomic E-state index is 13.6. The number of aromatic nitrogens is 16. The van der Waals surface area contributed by atoms with Crippen molar-refractivity contribution in [3.05, 3.63) is 435 Å². The van der Waals surface area contributed by atoms with Gasteiger partial charge in [0, 0.05) is 136 Å². The van der Waals surface area contributed by atoms with Crippen LogP contribution in [0.1, 0.15) is 22.3 Å². The fourth-order valence-corrected chi connectivity index (χ4v) is 16.3. The molecule has 0 radical (unpaired) electrons. The number of H-pyrrole nitrogens is 5. The standard InChI is InChI=1S/C20H14FNO2.C19H14FN3.C19H15N3.C18H11F2N3.2C18H12FN3/c1-12-9-15(6-7-17(12)21)20-16(3-2-8-22-20)13-4-5-14-11-19(23)24-18(14)10-13;1-12-9-14(6-7-17(12)20)19-16(3-2-8-21-19)13-4-5-15-11-22-23-18(15)10-13;1-13-4-2-5-15(10-13)19-17(6-3-9-20-19)14-7-8-16-12-21-22-18(16)11-14;19-15-6-5-12(8-16(15)20)18-14(2-1-7-21-18)11-3-4-13-10-22-23-17(13)9-11;19-15-4-1-3-13(9-15)18-16(5-2-8-20-18)12-6-7-14-11-21-22-17(14)10-12;19-15-7-5-12(6-8-15)18-16(2-1-9-20-18)13-3-4-14-11-21-22-17(14)10-13/h2-10H,11H2,1H3;2-11H,1H3,(H,22,23);2-12H,1H3,(H,21,22);1-10H,(H,22,23);2*1-11H,(H,21,22). The topological polar surface area (TPSA) is 247 Å². The molecule has 1 aliphatic heterocycles. The lowest BCUT2D eigenvalue weighted by Gasteiger charge is -2.11. The zero-order chi connectivity index (χ0) is 93.1. The summed E-state index contributed by atoms with van der Waals surface area (Å²) in [6, 6.07) is 94.8. The molecule has 24 heteroatoms. The van der Waals surface area contributed by atoms with Crippen molar-refractivity contribution >= 4 is 60.5 Å². The monoisotopic (exact) mass is 1790 g/mol. The largest absolute Gasteiger partial charge is 0.426 e. The Labute approximate surface area is 774 Å². The lowest BCUT2D eigenvalue weighted by atomic mass is 9.97. The Morgan fingerprint density at radius 3 is 0.897 bits per heavy atom. The number of hydrogen-bond acceptors (Lipinski definition) is 13. The van der Waals surface area contributed by atoms with Gasteiger partial charge in [-0.1, -0.05) is 145 Å². The van der Waals surface area contributed by atoms with Crippen LogP contribution in [0.2, 0.25) is 0 Å².